The Morgan fingerprint density at radius 3 is 2.12 bits per heavy atom. The zero-order chi connectivity index (χ0) is 12.6. The molecule has 2 heteroatoms. The van der Waals surface area contributed by atoms with E-state index in [0.29, 0.717) is 0 Å². The number of fused-ring (bicyclic) bond motifs is 2. The summed E-state index contributed by atoms with van der Waals surface area (Å²) in [5.41, 5.74) is 2.35. The van der Waals surface area contributed by atoms with Gasteiger partial charge in [-0.05, 0) is 48.2 Å². The van der Waals surface area contributed by atoms with E-state index in [9.17, 15) is 0 Å². The average Bonchev–Trinajstić information content (AvgIpc) is 2.86. The van der Waals surface area contributed by atoms with Crippen molar-refractivity contribution < 1.29 is 4.43 Å². The summed E-state index contributed by atoms with van der Waals surface area (Å²) >= 11 is 0. The lowest BCUT2D eigenvalue weighted by molar-refractivity contribution is 0.287. The predicted octanol–water partition coefficient (Wildman–Crippen LogP) is 4.75. The monoisotopic (exact) mass is 252 g/mol. The van der Waals surface area contributed by atoms with E-state index in [0.717, 1.165) is 35.1 Å². The van der Waals surface area contributed by atoms with Crippen LogP contribution in [0.5, 0.6) is 0 Å². The molecule has 0 radical (unpaired) electrons. The average molecular weight is 252 g/mol. The summed E-state index contributed by atoms with van der Waals surface area (Å²) in [6, 6.07) is 0. The molecule has 0 amide bonds. The minimum absolute atomic E-state index is 0.736. The summed E-state index contributed by atoms with van der Waals surface area (Å²) < 4.78 is 6.49. The Hall–Kier alpha value is -0.0831. The second-order valence-electron chi connectivity index (χ2n) is 6.48. The molecule has 2 aliphatic carbocycles. The molecule has 0 aromatic carbocycles. The van der Waals surface area contributed by atoms with E-state index < -0.39 is 8.32 Å². The van der Waals surface area contributed by atoms with Crippen LogP contribution in [0.1, 0.15) is 47.5 Å². The molecule has 3 unspecified atom stereocenters. The molecule has 1 fully saturated rings. The van der Waals surface area contributed by atoms with Crippen molar-refractivity contribution in [3.63, 3.8) is 0 Å². The normalized spacial score (nSPS) is 32.1. The quantitative estimate of drug-likeness (QED) is 0.506. The summed E-state index contributed by atoms with van der Waals surface area (Å²) in [5.74, 6) is 1.71. The van der Waals surface area contributed by atoms with Gasteiger partial charge in [-0.1, -0.05) is 39.8 Å². The maximum absolute atomic E-state index is 6.49. The molecule has 0 spiro atoms. The van der Waals surface area contributed by atoms with Crippen LogP contribution in [0, 0.1) is 11.8 Å². The fourth-order valence-electron chi connectivity index (χ4n) is 4.51. The smallest absolute Gasteiger partial charge is 0.201 e. The van der Waals surface area contributed by atoms with Gasteiger partial charge in [-0.2, -0.15) is 0 Å². The summed E-state index contributed by atoms with van der Waals surface area (Å²) in [5, 5.41) is 0. The molecular formula is C15H28OSi. The molecule has 0 aromatic heterocycles. The van der Waals surface area contributed by atoms with E-state index in [1.54, 1.807) is 0 Å². The lowest BCUT2D eigenvalue weighted by Gasteiger charge is -2.45. The van der Waals surface area contributed by atoms with Gasteiger partial charge in [0.1, 0.15) is 0 Å². The van der Waals surface area contributed by atoms with E-state index in [-0.39, 0.29) is 0 Å². The molecule has 3 atom stereocenters. The second-order valence-corrected chi connectivity index (χ2v) is 11.5. The molecule has 0 aliphatic heterocycles. The summed E-state index contributed by atoms with van der Waals surface area (Å²) in [7, 11) is -1.62. The van der Waals surface area contributed by atoms with Crippen LogP contribution in [0.25, 0.3) is 0 Å². The van der Waals surface area contributed by atoms with Gasteiger partial charge in [0.05, 0.1) is 0 Å². The topological polar surface area (TPSA) is 9.23 Å². The standard InChI is InChI=1S/C15H28OSi/c1-6-16-17(11(2)3,12(4)5)15-10-13-7-8-14(15)9-13/h7-8,11-15H,6,9-10H2,1-5H3. The minimum Gasteiger partial charge on any atom is -0.416 e. The van der Waals surface area contributed by atoms with Crippen molar-refractivity contribution in [2.75, 3.05) is 6.61 Å². The highest BCUT2D eigenvalue weighted by molar-refractivity contribution is 6.78. The number of hydrogen-bond donors (Lipinski definition) is 0. The van der Waals surface area contributed by atoms with Crippen molar-refractivity contribution in [3.05, 3.63) is 12.2 Å². The van der Waals surface area contributed by atoms with E-state index >= 15 is 0 Å². The van der Waals surface area contributed by atoms with Crippen LogP contribution < -0.4 is 0 Å². The summed E-state index contributed by atoms with van der Waals surface area (Å²) in [6.07, 6.45) is 7.76. The summed E-state index contributed by atoms with van der Waals surface area (Å²) in [4.78, 5) is 0. The Morgan fingerprint density at radius 1 is 1.12 bits per heavy atom. The van der Waals surface area contributed by atoms with E-state index in [1.807, 2.05) is 0 Å². The molecular weight excluding hydrogens is 224 g/mol. The fraction of sp³-hybridized carbons (Fsp3) is 0.867. The zero-order valence-electron chi connectivity index (χ0n) is 12.1. The SMILES string of the molecule is CCO[Si](C(C)C)(C(C)C)C1CC2C=CC1C2. The third-order valence-electron chi connectivity index (χ3n) is 5.06. The van der Waals surface area contributed by atoms with Crippen molar-refractivity contribution in [1.29, 1.82) is 0 Å². The van der Waals surface area contributed by atoms with Crippen molar-refractivity contribution in [2.45, 2.75) is 64.1 Å². The van der Waals surface area contributed by atoms with Crippen molar-refractivity contribution in [2.24, 2.45) is 11.8 Å². The van der Waals surface area contributed by atoms with Gasteiger partial charge in [0.2, 0.25) is 8.32 Å². The lowest BCUT2D eigenvalue weighted by atomic mass is 10.1. The molecule has 1 saturated carbocycles. The van der Waals surface area contributed by atoms with Gasteiger partial charge >= 0.3 is 0 Å². The first kappa shape index (κ1) is 13.4. The van der Waals surface area contributed by atoms with E-state index in [4.69, 9.17) is 4.43 Å². The van der Waals surface area contributed by atoms with Crippen LogP contribution in [0.4, 0.5) is 0 Å². The maximum Gasteiger partial charge on any atom is 0.201 e. The molecule has 2 rings (SSSR count). The Morgan fingerprint density at radius 2 is 1.76 bits per heavy atom. The highest BCUT2D eigenvalue weighted by Crippen LogP contribution is 2.57. The third-order valence-corrected chi connectivity index (χ3v) is 11.3. The van der Waals surface area contributed by atoms with Crippen LogP contribution >= 0.6 is 0 Å². The molecule has 2 aliphatic rings. The molecule has 0 saturated heterocycles. The van der Waals surface area contributed by atoms with Crippen molar-refractivity contribution in [3.8, 4) is 0 Å². The van der Waals surface area contributed by atoms with Gasteiger partial charge in [0.25, 0.3) is 0 Å². The molecule has 0 N–H and O–H groups in total. The van der Waals surface area contributed by atoms with Crippen LogP contribution in [-0.4, -0.2) is 14.9 Å². The molecule has 0 aromatic rings. The maximum atomic E-state index is 6.49. The Labute approximate surface area is 108 Å². The minimum atomic E-state index is -1.62. The van der Waals surface area contributed by atoms with E-state index in [2.05, 4.69) is 46.8 Å². The van der Waals surface area contributed by atoms with Crippen molar-refractivity contribution in [1.82, 2.24) is 0 Å². The third kappa shape index (κ3) is 2.04. The molecule has 0 heterocycles. The second kappa shape index (κ2) is 4.89. The van der Waals surface area contributed by atoms with Crippen LogP contribution in [0.2, 0.25) is 16.6 Å². The first-order chi connectivity index (χ1) is 8.02. The Balaban J connectivity index is 2.29. The Kier molecular flexibility index (Phi) is 3.84. The highest BCUT2D eigenvalue weighted by atomic mass is 28.4. The lowest BCUT2D eigenvalue weighted by Crippen LogP contribution is -2.50. The largest absolute Gasteiger partial charge is 0.416 e. The zero-order valence-corrected chi connectivity index (χ0v) is 13.1. The van der Waals surface area contributed by atoms with Gasteiger partial charge in [-0.15, -0.1) is 0 Å². The van der Waals surface area contributed by atoms with Crippen LogP contribution in [0.15, 0.2) is 12.2 Å². The first-order valence-corrected chi connectivity index (χ1v) is 9.48. The molecule has 17 heavy (non-hydrogen) atoms. The number of hydrogen-bond acceptors (Lipinski definition) is 1. The Bertz CT molecular complexity index is 287. The fourth-order valence-corrected chi connectivity index (χ4v) is 10.5. The first-order valence-electron chi connectivity index (χ1n) is 7.34. The number of rotatable bonds is 5. The van der Waals surface area contributed by atoms with Crippen LogP contribution in [-0.2, 0) is 4.43 Å². The van der Waals surface area contributed by atoms with Crippen molar-refractivity contribution >= 4 is 8.32 Å². The van der Waals surface area contributed by atoms with Gasteiger partial charge < -0.3 is 4.43 Å². The highest BCUT2D eigenvalue weighted by Gasteiger charge is 2.54. The predicted molar refractivity (Wildman–Crippen MR) is 76.7 cm³/mol. The molecule has 2 bridgehead atoms. The van der Waals surface area contributed by atoms with Gasteiger partial charge in [-0.3, -0.25) is 0 Å². The number of allylic oxidation sites excluding steroid dienone is 2. The van der Waals surface area contributed by atoms with Gasteiger partial charge in [0, 0.05) is 6.61 Å². The van der Waals surface area contributed by atoms with Crippen LogP contribution in [0.3, 0.4) is 0 Å². The van der Waals surface area contributed by atoms with Gasteiger partial charge in [-0.25, -0.2) is 0 Å². The van der Waals surface area contributed by atoms with Gasteiger partial charge in [0.15, 0.2) is 0 Å². The molecule has 1 nitrogen and oxygen atoms in total. The van der Waals surface area contributed by atoms with E-state index in [1.165, 1.54) is 12.8 Å². The molecule has 98 valence electrons. The summed E-state index contributed by atoms with van der Waals surface area (Å²) in [6.45, 7) is 12.7.